The van der Waals surface area contributed by atoms with Gasteiger partial charge in [0.25, 0.3) is 0 Å². The van der Waals surface area contributed by atoms with Gasteiger partial charge < -0.3 is 18.0 Å². The van der Waals surface area contributed by atoms with Crippen molar-refractivity contribution in [2.24, 2.45) is 0 Å². The van der Waals surface area contributed by atoms with Crippen LogP contribution in [0, 0.1) is 0 Å². The minimum Gasteiger partial charge on any atom is -0.377 e. The van der Waals surface area contributed by atoms with E-state index < -0.39 is 28.0 Å². The molecular weight excluding hydrogens is 245 g/mol. The van der Waals surface area contributed by atoms with Crippen LogP contribution in [0.2, 0.25) is 6.04 Å². The maximum absolute atomic E-state index is 11.8. The number of alkyl halides is 3. The molecule has 0 aliphatic rings. The van der Waals surface area contributed by atoms with Crippen LogP contribution in [0.25, 0.3) is 0 Å². The highest BCUT2D eigenvalue weighted by Crippen LogP contribution is 2.19. The summed E-state index contributed by atoms with van der Waals surface area (Å²) in [5.74, 6) is 0. The Labute approximate surface area is 94.0 Å². The standard InChI is InChI=1S/C8H17F3O4Si/c1-4-16(12-2,13-3)15-7-14-6-5-8(9,10)11/h4-7H2,1-3H3. The lowest BCUT2D eigenvalue weighted by atomic mass is 10.4. The van der Waals surface area contributed by atoms with Gasteiger partial charge in [-0.25, -0.2) is 0 Å². The summed E-state index contributed by atoms with van der Waals surface area (Å²) in [5.41, 5.74) is 0. The topological polar surface area (TPSA) is 36.9 Å². The number of hydrogen-bond acceptors (Lipinski definition) is 4. The fourth-order valence-electron chi connectivity index (χ4n) is 0.970. The summed E-state index contributed by atoms with van der Waals surface area (Å²) in [7, 11) is 0.159. The summed E-state index contributed by atoms with van der Waals surface area (Å²) in [6.07, 6.45) is -5.20. The third kappa shape index (κ3) is 6.43. The molecule has 0 N–H and O–H groups in total. The Kier molecular flexibility index (Phi) is 7.16. The molecule has 4 nitrogen and oxygen atoms in total. The molecule has 0 aromatic rings. The van der Waals surface area contributed by atoms with E-state index in [0.29, 0.717) is 6.04 Å². The van der Waals surface area contributed by atoms with Gasteiger partial charge in [-0.15, -0.1) is 0 Å². The lowest BCUT2D eigenvalue weighted by molar-refractivity contribution is -0.151. The minimum atomic E-state index is -4.21. The van der Waals surface area contributed by atoms with Gasteiger partial charge in [-0.1, -0.05) is 6.92 Å². The van der Waals surface area contributed by atoms with E-state index in [9.17, 15) is 13.2 Å². The molecule has 0 aromatic carbocycles. The molecule has 8 heteroatoms. The number of ether oxygens (including phenoxy) is 1. The van der Waals surface area contributed by atoms with Crippen LogP contribution in [0.3, 0.4) is 0 Å². The molecule has 0 radical (unpaired) electrons. The second-order valence-corrected chi connectivity index (χ2v) is 6.16. The zero-order chi connectivity index (χ0) is 12.7. The molecule has 0 saturated heterocycles. The molecule has 0 aliphatic heterocycles. The minimum absolute atomic E-state index is 0.252. The highest BCUT2D eigenvalue weighted by molar-refractivity contribution is 6.60. The van der Waals surface area contributed by atoms with E-state index in [0.717, 1.165) is 0 Å². The number of halogens is 3. The van der Waals surface area contributed by atoms with Crippen LogP contribution < -0.4 is 0 Å². The van der Waals surface area contributed by atoms with Crippen LogP contribution in [0.1, 0.15) is 13.3 Å². The van der Waals surface area contributed by atoms with Gasteiger partial charge in [0.15, 0.2) is 0 Å². The van der Waals surface area contributed by atoms with Crippen molar-refractivity contribution < 1.29 is 31.2 Å². The Hall–Kier alpha value is -0.153. The lowest BCUT2D eigenvalue weighted by Crippen LogP contribution is -2.43. The molecule has 0 fully saturated rings. The van der Waals surface area contributed by atoms with E-state index in [2.05, 4.69) is 0 Å². The molecule has 16 heavy (non-hydrogen) atoms. The largest absolute Gasteiger partial charge is 0.501 e. The van der Waals surface area contributed by atoms with Gasteiger partial charge in [-0.2, -0.15) is 13.2 Å². The Morgan fingerprint density at radius 3 is 2.06 bits per heavy atom. The maximum atomic E-state index is 11.8. The molecule has 98 valence electrons. The second kappa shape index (κ2) is 7.23. The summed E-state index contributed by atoms with van der Waals surface area (Å²) >= 11 is 0. The highest BCUT2D eigenvalue weighted by Gasteiger charge is 2.36. The zero-order valence-electron chi connectivity index (χ0n) is 9.60. The van der Waals surface area contributed by atoms with Gasteiger partial charge in [0, 0.05) is 20.3 Å². The Balaban J connectivity index is 3.71. The van der Waals surface area contributed by atoms with E-state index in [1.54, 1.807) is 0 Å². The van der Waals surface area contributed by atoms with E-state index >= 15 is 0 Å². The van der Waals surface area contributed by atoms with Crippen LogP contribution in [0.4, 0.5) is 13.2 Å². The predicted octanol–water partition coefficient (Wildman–Crippen LogP) is 2.18. The van der Waals surface area contributed by atoms with Gasteiger partial charge in [-0.05, 0) is 0 Å². The average Bonchev–Trinajstić information content (AvgIpc) is 2.23. The van der Waals surface area contributed by atoms with Gasteiger partial charge >= 0.3 is 15.0 Å². The van der Waals surface area contributed by atoms with Crippen molar-refractivity contribution in [1.82, 2.24) is 0 Å². The van der Waals surface area contributed by atoms with Gasteiger partial charge in [0.2, 0.25) is 0 Å². The first-order valence-corrected chi connectivity index (χ1v) is 6.71. The van der Waals surface area contributed by atoms with Crippen molar-refractivity contribution in [3.8, 4) is 0 Å². The maximum Gasteiger partial charge on any atom is 0.501 e. The Morgan fingerprint density at radius 1 is 1.12 bits per heavy atom. The van der Waals surface area contributed by atoms with E-state index in [4.69, 9.17) is 18.0 Å². The van der Waals surface area contributed by atoms with Gasteiger partial charge in [0.1, 0.15) is 6.79 Å². The molecule has 0 amide bonds. The summed E-state index contributed by atoms with van der Waals surface area (Å²) in [6.45, 7) is 1.14. The summed E-state index contributed by atoms with van der Waals surface area (Å²) < 4.78 is 55.3. The van der Waals surface area contributed by atoms with Crippen molar-refractivity contribution in [2.75, 3.05) is 27.6 Å². The lowest BCUT2D eigenvalue weighted by Gasteiger charge is -2.24. The Bertz CT molecular complexity index is 176. The smallest absolute Gasteiger partial charge is 0.377 e. The molecule has 0 saturated carbocycles. The van der Waals surface area contributed by atoms with E-state index in [1.807, 2.05) is 6.92 Å². The summed E-state index contributed by atoms with van der Waals surface area (Å²) in [5, 5.41) is 0. The van der Waals surface area contributed by atoms with Crippen LogP contribution in [0.5, 0.6) is 0 Å². The first kappa shape index (κ1) is 15.8. The van der Waals surface area contributed by atoms with Crippen LogP contribution in [-0.4, -0.2) is 42.6 Å². The third-order valence-electron chi connectivity index (χ3n) is 1.95. The highest BCUT2D eigenvalue weighted by atomic mass is 28.4. The van der Waals surface area contributed by atoms with Gasteiger partial charge in [-0.3, -0.25) is 0 Å². The van der Waals surface area contributed by atoms with Crippen molar-refractivity contribution in [3.05, 3.63) is 0 Å². The molecule has 0 heterocycles. The molecule has 0 aliphatic carbocycles. The molecule has 0 bridgehead atoms. The van der Waals surface area contributed by atoms with Crippen molar-refractivity contribution in [1.29, 1.82) is 0 Å². The normalized spacial score (nSPS) is 13.1. The SMILES string of the molecule is CC[Si](OC)(OC)OCOCCC(F)(F)F. The van der Waals surface area contributed by atoms with Crippen molar-refractivity contribution >= 4 is 8.80 Å². The quantitative estimate of drug-likeness (QED) is 0.382. The predicted molar refractivity (Wildman–Crippen MR) is 52.8 cm³/mol. The molecule has 0 aromatic heterocycles. The molecule has 0 rings (SSSR count). The monoisotopic (exact) mass is 262 g/mol. The van der Waals surface area contributed by atoms with Crippen LogP contribution in [0.15, 0.2) is 0 Å². The van der Waals surface area contributed by atoms with E-state index in [1.165, 1.54) is 14.2 Å². The van der Waals surface area contributed by atoms with Crippen LogP contribution in [-0.2, 0) is 18.0 Å². The molecule has 0 spiro atoms. The molecule has 0 unspecified atom stereocenters. The van der Waals surface area contributed by atoms with Crippen molar-refractivity contribution in [3.63, 3.8) is 0 Å². The van der Waals surface area contributed by atoms with E-state index in [-0.39, 0.29) is 6.79 Å². The van der Waals surface area contributed by atoms with Gasteiger partial charge in [0.05, 0.1) is 13.0 Å². The summed E-state index contributed by atoms with van der Waals surface area (Å²) in [4.78, 5) is 0. The average molecular weight is 262 g/mol. The zero-order valence-corrected chi connectivity index (χ0v) is 10.6. The fraction of sp³-hybridized carbons (Fsp3) is 1.00. The number of hydrogen-bond donors (Lipinski definition) is 0. The first-order valence-electron chi connectivity index (χ1n) is 4.78. The van der Waals surface area contributed by atoms with Crippen LogP contribution >= 0.6 is 0 Å². The molecular formula is C8H17F3O4Si. The number of rotatable bonds is 8. The fourth-order valence-corrected chi connectivity index (χ4v) is 2.42. The first-order chi connectivity index (χ1) is 7.39. The molecule has 0 atom stereocenters. The van der Waals surface area contributed by atoms with Crippen molar-refractivity contribution in [2.45, 2.75) is 25.6 Å². The third-order valence-corrected chi connectivity index (χ3v) is 4.61. The Morgan fingerprint density at radius 2 is 1.69 bits per heavy atom. The summed E-state index contributed by atoms with van der Waals surface area (Å²) in [6, 6.07) is 0.530. The second-order valence-electron chi connectivity index (χ2n) is 2.98.